The molecule has 5 nitrogen and oxygen atoms in total. The van der Waals surface area contributed by atoms with E-state index < -0.39 is 28.4 Å². The number of carbonyl (C=O) groups excluding carboxylic acids is 1. The van der Waals surface area contributed by atoms with Gasteiger partial charge >= 0.3 is 5.97 Å². The van der Waals surface area contributed by atoms with E-state index in [1.807, 2.05) is 0 Å². The van der Waals surface area contributed by atoms with Gasteiger partial charge in [-0.3, -0.25) is 4.72 Å². The molecule has 0 amide bonds. The summed E-state index contributed by atoms with van der Waals surface area (Å²) >= 11 is 5.95. The molecule has 0 unspecified atom stereocenters. The van der Waals surface area contributed by atoms with Gasteiger partial charge in [0.05, 0.1) is 22.0 Å². The van der Waals surface area contributed by atoms with Crippen molar-refractivity contribution in [2.75, 3.05) is 10.5 Å². The van der Waals surface area contributed by atoms with Crippen molar-refractivity contribution >= 4 is 33.3 Å². The monoisotopic (exact) mass is 385 g/mol. The third-order valence-electron chi connectivity index (χ3n) is 3.28. The molecule has 0 aliphatic heterocycles. The molecule has 2 aromatic rings. The highest BCUT2D eigenvalue weighted by molar-refractivity contribution is 7.92. The van der Waals surface area contributed by atoms with Gasteiger partial charge < -0.3 is 4.74 Å². The highest BCUT2D eigenvalue weighted by Crippen LogP contribution is 2.27. The Bertz CT molecular complexity index is 856. The van der Waals surface area contributed by atoms with Gasteiger partial charge in [0.2, 0.25) is 10.0 Å². The number of rotatable bonds is 7. The average molecular weight is 386 g/mol. The fraction of sp³-hybridized carbons (Fsp3) is 0.235. The summed E-state index contributed by atoms with van der Waals surface area (Å²) in [6.45, 7) is 1.29. The smallest absolute Gasteiger partial charge is 0.338 e. The van der Waals surface area contributed by atoms with Crippen LogP contribution in [0.1, 0.15) is 29.3 Å². The summed E-state index contributed by atoms with van der Waals surface area (Å²) in [5, 5.41) is 0.0387. The highest BCUT2D eigenvalue weighted by Gasteiger charge is 2.18. The Morgan fingerprint density at radius 2 is 1.88 bits per heavy atom. The van der Waals surface area contributed by atoms with Crippen molar-refractivity contribution in [1.29, 1.82) is 0 Å². The van der Waals surface area contributed by atoms with E-state index in [1.165, 1.54) is 12.1 Å². The molecule has 2 rings (SSSR count). The Kier molecular flexibility index (Phi) is 6.39. The van der Waals surface area contributed by atoms with Crippen LogP contribution in [-0.2, 0) is 21.4 Å². The third kappa shape index (κ3) is 5.17. The largest absolute Gasteiger partial charge is 0.457 e. The Labute approximate surface area is 150 Å². The summed E-state index contributed by atoms with van der Waals surface area (Å²) in [7, 11) is -3.65. The van der Waals surface area contributed by atoms with Crippen molar-refractivity contribution in [3.8, 4) is 0 Å². The first-order valence-electron chi connectivity index (χ1n) is 7.53. The van der Waals surface area contributed by atoms with Crippen LogP contribution in [0.2, 0.25) is 5.02 Å². The van der Waals surface area contributed by atoms with Crippen molar-refractivity contribution in [3.63, 3.8) is 0 Å². The van der Waals surface area contributed by atoms with E-state index in [4.69, 9.17) is 16.3 Å². The first-order chi connectivity index (χ1) is 11.8. The molecule has 0 atom stereocenters. The molecule has 1 N–H and O–H groups in total. The van der Waals surface area contributed by atoms with Crippen LogP contribution in [0.3, 0.4) is 0 Å². The van der Waals surface area contributed by atoms with Gasteiger partial charge in [0.25, 0.3) is 0 Å². The van der Waals surface area contributed by atoms with E-state index in [0.29, 0.717) is 12.0 Å². The molecule has 0 aromatic heterocycles. The molecule has 0 spiro atoms. The molecule has 0 saturated carbocycles. The SMILES string of the molecule is CCCS(=O)(=O)Nc1ccc(Cl)c(COC(=O)c2ccccc2)c1F. The molecule has 0 radical (unpaired) electrons. The Morgan fingerprint density at radius 3 is 2.52 bits per heavy atom. The quantitative estimate of drug-likeness (QED) is 0.731. The number of hydrogen-bond donors (Lipinski definition) is 1. The summed E-state index contributed by atoms with van der Waals surface area (Å²) in [5.41, 5.74) is -0.00918. The van der Waals surface area contributed by atoms with Crippen LogP contribution in [0, 0.1) is 5.82 Å². The summed E-state index contributed by atoms with van der Waals surface area (Å²) in [6.07, 6.45) is 0.395. The van der Waals surface area contributed by atoms with Crippen LogP contribution >= 0.6 is 11.6 Å². The topological polar surface area (TPSA) is 72.5 Å². The number of esters is 1. The molecule has 2 aromatic carbocycles. The minimum absolute atomic E-state index is 0.0387. The highest BCUT2D eigenvalue weighted by atomic mass is 35.5. The zero-order chi connectivity index (χ0) is 18.4. The molecule has 0 aliphatic rings. The van der Waals surface area contributed by atoms with E-state index in [-0.39, 0.29) is 22.0 Å². The van der Waals surface area contributed by atoms with E-state index in [0.717, 1.165) is 0 Å². The third-order valence-corrected chi connectivity index (χ3v) is 5.11. The standard InChI is InChI=1S/C17H17ClFNO4S/c1-2-10-25(22,23)20-15-9-8-14(18)13(16(15)19)11-24-17(21)12-6-4-3-5-7-12/h3-9,20H,2,10-11H2,1H3. The van der Waals surface area contributed by atoms with Crippen LogP contribution in [0.25, 0.3) is 0 Å². The van der Waals surface area contributed by atoms with E-state index in [9.17, 15) is 17.6 Å². The second-order valence-electron chi connectivity index (χ2n) is 5.25. The second-order valence-corrected chi connectivity index (χ2v) is 7.50. The van der Waals surface area contributed by atoms with E-state index >= 15 is 0 Å². The zero-order valence-electron chi connectivity index (χ0n) is 13.5. The summed E-state index contributed by atoms with van der Waals surface area (Å²) < 4.78 is 45.4. The normalized spacial score (nSPS) is 11.2. The van der Waals surface area contributed by atoms with Gasteiger partial charge in [-0.15, -0.1) is 0 Å². The number of hydrogen-bond acceptors (Lipinski definition) is 4. The second kappa shape index (κ2) is 8.31. The number of halogens is 2. The molecule has 0 fully saturated rings. The van der Waals surface area contributed by atoms with Crippen molar-refractivity contribution in [2.24, 2.45) is 0 Å². The molecule has 0 heterocycles. The predicted molar refractivity (Wildman–Crippen MR) is 94.7 cm³/mol. The predicted octanol–water partition coefficient (Wildman–Crippen LogP) is 3.99. The summed E-state index contributed by atoms with van der Waals surface area (Å²) in [6, 6.07) is 10.8. The average Bonchev–Trinajstić information content (AvgIpc) is 2.58. The van der Waals surface area contributed by atoms with E-state index in [2.05, 4.69) is 4.72 Å². The molecule has 134 valence electrons. The van der Waals surface area contributed by atoms with Gasteiger partial charge in [0, 0.05) is 5.56 Å². The minimum atomic E-state index is -3.65. The lowest BCUT2D eigenvalue weighted by molar-refractivity contribution is 0.0469. The number of carbonyl (C=O) groups is 1. The number of ether oxygens (including phenoxy) is 1. The Balaban J connectivity index is 2.18. The molecule has 0 aliphatic carbocycles. The van der Waals surface area contributed by atoms with Crippen LogP contribution < -0.4 is 4.72 Å². The molecular formula is C17H17ClFNO4S. The van der Waals surface area contributed by atoms with Crippen LogP contribution in [0.15, 0.2) is 42.5 Å². The molecule has 25 heavy (non-hydrogen) atoms. The van der Waals surface area contributed by atoms with Gasteiger partial charge in [0.1, 0.15) is 6.61 Å². The van der Waals surface area contributed by atoms with Gasteiger partial charge in [-0.1, -0.05) is 36.7 Å². The molecule has 8 heteroatoms. The van der Waals surface area contributed by atoms with Gasteiger partial charge in [0.15, 0.2) is 5.82 Å². The molecular weight excluding hydrogens is 369 g/mol. The maximum Gasteiger partial charge on any atom is 0.338 e. The Hall–Kier alpha value is -2.12. The first-order valence-corrected chi connectivity index (χ1v) is 9.56. The first kappa shape index (κ1) is 19.2. The zero-order valence-corrected chi connectivity index (χ0v) is 15.0. The Morgan fingerprint density at radius 1 is 1.20 bits per heavy atom. The van der Waals surface area contributed by atoms with Gasteiger partial charge in [-0.2, -0.15) is 0 Å². The van der Waals surface area contributed by atoms with Crippen molar-refractivity contribution in [3.05, 3.63) is 64.4 Å². The fourth-order valence-corrected chi connectivity index (χ4v) is 3.42. The molecule has 0 saturated heterocycles. The van der Waals surface area contributed by atoms with Crippen molar-refractivity contribution in [1.82, 2.24) is 0 Å². The molecule has 0 bridgehead atoms. The maximum absolute atomic E-state index is 14.6. The van der Waals surface area contributed by atoms with Crippen LogP contribution in [0.4, 0.5) is 10.1 Å². The van der Waals surface area contributed by atoms with E-state index in [1.54, 1.807) is 37.3 Å². The fourth-order valence-electron chi connectivity index (χ4n) is 2.09. The lowest BCUT2D eigenvalue weighted by Gasteiger charge is -2.13. The minimum Gasteiger partial charge on any atom is -0.457 e. The number of nitrogens with one attached hydrogen (secondary N) is 1. The number of anilines is 1. The van der Waals surface area contributed by atoms with Crippen LogP contribution in [0.5, 0.6) is 0 Å². The summed E-state index contributed by atoms with van der Waals surface area (Å²) in [5.74, 6) is -1.63. The maximum atomic E-state index is 14.6. The van der Waals surface area contributed by atoms with Crippen molar-refractivity contribution in [2.45, 2.75) is 20.0 Å². The lowest BCUT2D eigenvalue weighted by atomic mass is 10.2. The van der Waals surface area contributed by atoms with Crippen LogP contribution in [-0.4, -0.2) is 20.1 Å². The van der Waals surface area contributed by atoms with Crippen molar-refractivity contribution < 1.29 is 22.3 Å². The van der Waals surface area contributed by atoms with Gasteiger partial charge in [-0.05, 0) is 30.7 Å². The lowest BCUT2D eigenvalue weighted by Crippen LogP contribution is -2.17. The summed E-state index contributed by atoms with van der Waals surface area (Å²) in [4.78, 5) is 11.9. The van der Waals surface area contributed by atoms with Gasteiger partial charge in [-0.25, -0.2) is 17.6 Å². The number of benzene rings is 2. The number of sulfonamides is 1.